The zero-order valence-corrected chi connectivity index (χ0v) is 17.8. The van der Waals surface area contributed by atoms with Crippen LogP contribution in [-0.2, 0) is 13.1 Å². The molecule has 2 aliphatic heterocycles. The number of fused-ring (bicyclic) bond motifs is 1. The number of hydrogen-bond donors (Lipinski definition) is 2. The third-order valence-corrected chi connectivity index (χ3v) is 5.95. The van der Waals surface area contributed by atoms with Crippen LogP contribution in [0.3, 0.4) is 0 Å². The predicted molar refractivity (Wildman–Crippen MR) is 110 cm³/mol. The molecular weight excluding hydrogens is 324 g/mol. The Bertz CT molecular complexity index is 526. The Labute approximate surface area is 160 Å². The Morgan fingerprint density at radius 3 is 2.62 bits per heavy atom. The lowest BCUT2D eigenvalue weighted by atomic mass is 9.91. The largest absolute Gasteiger partial charge is 0.311 e. The molecule has 0 aromatic carbocycles. The summed E-state index contributed by atoms with van der Waals surface area (Å²) < 4.78 is 2.18. The highest BCUT2D eigenvalue weighted by atomic mass is 15.3. The van der Waals surface area contributed by atoms with E-state index in [9.17, 15) is 0 Å². The van der Waals surface area contributed by atoms with E-state index in [1.54, 1.807) is 0 Å². The highest BCUT2D eigenvalue weighted by molar-refractivity contribution is 5.25. The van der Waals surface area contributed by atoms with E-state index < -0.39 is 0 Å². The van der Waals surface area contributed by atoms with E-state index in [1.807, 2.05) is 0 Å². The first-order valence-corrected chi connectivity index (χ1v) is 10.3. The normalized spacial score (nSPS) is 23.1. The van der Waals surface area contributed by atoms with Gasteiger partial charge in [0, 0.05) is 50.7 Å². The van der Waals surface area contributed by atoms with Gasteiger partial charge in [-0.05, 0) is 39.5 Å². The van der Waals surface area contributed by atoms with Gasteiger partial charge in [-0.1, -0.05) is 20.8 Å². The molecule has 0 bridgehead atoms. The molecule has 26 heavy (non-hydrogen) atoms. The van der Waals surface area contributed by atoms with Crippen LogP contribution in [0.5, 0.6) is 0 Å². The number of hydrogen-bond acceptors (Lipinski definition) is 5. The summed E-state index contributed by atoms with van der Waals surface area (Å²) in [6.45, 7) is 16.7. The second-order valence-corrected chi connectivity index (χ2v) is 7.94. The van der Waals surface area contributed by atoms with Crippen LogP contribution >= 0.6 is 0 Å². The summed E-state index contributed by atoms with van der Waals surface area (Å²) in [5.74, 6) is 0.514. The van der Waals surface area contributed by atoms with Gasteiger partial charge in [-0.25, -0.2) is 0 Å². The minimum atomic E-state index is 0.514. The van der Waals surface area contributed by atoms with E-state index >= 15 is 0 Å². The van der Waals surface area contributed by atoms with Crippen LogP contribution in [0.4, 0.5) is 0 Å². The van der Waals surface area contributed by atoms with Crippen molar-refractivity contribution in [2.24, 2.45) is 0 Å². The topological polar surface area (TPSA) is 48.4 Å². The maximum absolute atomic E-state index is 4.58. The van der Waals surface area contributed by atoms with E-state index in [0.717, 1.165) is 39.3 Å². The van der Waals surface area contributed by atoms with Gasteiger partial charge in [-0.15, -0.1) is 0 Å². The van der Waals surface area contributed by atoms with E-state index in [4.69, 9.17) is 0 Å². The standard InChI is InChI=1S/C16H29N5.C4H11N/c1-4-12(2)20-7-6-18-15(11-20)13(3)14-9-19-21-8-5-17-10-16(14)21;1-4-5(2)3/h9,12-13,15,17-18H,4-8,10-11H2,1-3H3;4H2,1-3H3/t12?,13?,15-;/m1./s1. The Hall–Kier alpha value is -0.950. The molecule has 3 rings (SSSR count). The molecule has 0 radical (unpaired) electrons. The fraction of sp³-hybridized carbons (Fsp3) is 0.850. The SMILES string of the molecule is CCC(C)N1CCN[C@@H](C(C)c2cnn3c2CNCC3)C1.CCN(C)C. The second kappa shape index (κ2) is 10.4. The molecule has 1 fully saturated rings. The summed E-state index contributed by atoms with van der Waals surface area (Å²) in [6, 6.07) is 1.22. The van der Waals surface area contributed by atoms with Crippen molar-refractivity contribution in [1.82, 2.24) is 30.2 Å². The van der Waals surface area contributed by atoms with Gasteiger partial charge in [0.1, 0.15) is 0 Å². The number of aromatic nitrogens is 2. The van der Waals surface area contributed by atoms with Gasteiger partial charge in [0.05, 0.1) is 18.4 Å². The Morgan fingerprint density at radius 1 is 1.23 bits per heavy atom. The molecule has 2 aliphatic rings. The van der Waals surface area contributed by atoms with Crippen LogP contribution in [0.25, 0.3) is 0 Å². The summed E-state index contributed by atoms with van der Waals surface area (Å²) in [5.41, 5.74) is 2.81. The monoisotopic (exact) mass is 364 g/mol. The molecule has 6 heteroatoms. The third kappa shape index (κ3) is 5.52. The number of nitrogens with one attached hydrogen (secondary N) is 2. The van der Waals surface area contributed by atoms with Crippen molar-refractivity contribution in [3.05, 3.63) is 17.5 Å². The summed E-state index contributed by atoms with van der Waals surface area (Å²) in [4.78, 5) is 4.76. The van der Waals surface area contributed by atoms with Crippen molar-refractivity contribution in [3.8, 4) is 0 Å². The van der Waals surface area contributed by atoms with Crippen LogP contribution in [-0.4, -0.2) is 78.5 Å². The Morgan fingerprint density at radius 2 is 1.96 bits per heavy atom. The molecule has 3 atom stereocenters. The van der Waals surface area contributed by atoms with Crippen LogP contribution < -0.4 is 10.6 Å². The maximum Gasteiger partial charge on any atom is 0.0557 e. The fourth-order valence-electron chi connectivity index (χ4n) is 3.60. The highest BCUT2D eigenvalue weighted by Crippen LogP contribution is 2.26. The molecule has 0 amide bonds. The van der Waals surface area contributed by atoms with E-state index in [1.165, 1.54) is 24.2 Å². The summed E-state index contributed by atoms with van der Waals surface area (Å²) in [7, 11) is 4.11. The molecule has 2 unspecified atom stereocenters. The Balaban J connectivity index is 0.000000431. The molecule has 2 N–H and O–H groups in total. The number of piperazine rings is 1. The van der Waals surface area contributed by atoms with Gasteiger partial charge in [0.15, 0.2) is 0 Å². The van der Waals surface area contributed by atoms with Gasteiger partial charge in [-0.3, -0.25) is 9.58 Å². The maximum atomic E-state index is 4.58. The van der Waals surface area contributed by atoms with Crippen molar-refractivity contribution in [1.29, 1.82) is 0 Å². The molecule has 0 spiro atoms. The first kappa shape index (κ1) is 21.4. The summed E-state index contributed by atoms with van der Waals surface area (Å²) in [6.07, 6.45) is 3.32. The van der Waals surface area contributed by atoms with Gasteiger partial charge >= 0.3 is 0 Å². The van der Waals surface area contributed by atoms with E-state index in [0.29, 0.717) is 18.0 Å². The first-order valence-electron chi connectivity index (χ1n) is 10.3. The molecular formula is C20H40N6. The lowest BCUT2D eigenvalue weighted by Gasteiger charge is -2.39. The van der Waals surface area contributed by atoms with E-state index in [2.05, 4.69) is 78.2 Å². The predicted octanol–water partition coefficient (Wildman–Crippen LogP) is 1.73. The Kier molecular flexibility index (Phi) is 8.54. The van der Waals surface area contributed by atoms with Crippen molar-refractivity contribution >= 4 is 0 Å². The zero-order valence-electron chi connectivity index (χ0n) is 17.8. The van der Waals surface area contributed by atoms with Crippen molar-refractivity contribution < 1.29 is 0 Å². The number of nitrogens with zero attached hydrogens (tertiary/aromatic N) is 4. The van der Waals surface area contributed by atoms with Crippen LogP contribution in [0.1, 0.15) is 51.3 Å². The van der Waals surface area contributed by atoms with Crippen LogP contribution in [0.15, 0.2) is 6.20 Å². The molecule has 150 valence electrons. The summed E-state index contributed by atoms with van der Waals surface area (Å²) >= 11 is 0. The summed E-state index contributed by atoms with van der Waals surface area (Å²) in [5, 5.41) is 11.8. The van der Waals surface area contributed by atoms with Gasteiger partial charge in [0.25, 0.3) is 0 Å². The van der Waals surface area contributed by atoms with E-state index in [-0.39, 0.29) is 0 Å². The van der Waals surface area contributed by atoms with Crippen molar-refractivity contribution in [2.45, 2.75) is 65.2 Å². The highest BCUT2D eigenvalue weighted by Gasteiger charge is 2.29. The smallest absolute Gasteiger partial charge is 0.0557 e. The van der Waals surface area contributed by atoms with Crippen LogP contribution in [0, 0.1) is 0 Å². The van der Waals surface area contributed by atoms with Gasteiger partial charge < -0.3 is 15.5 Å². The zero-order chi connectivity index (χ0) is 19.1. The molecule has 1 aromatic heterocycles. The van der Waals surface area contributed by atoms with Crippen molar-refractivity contribution in [2.75, 3.05) is 46.8 Å². The molecule has 1 saturated heterocycles. The third-order valence-electron chi connectivity index (χ3n) is 5.95. The fourth-order valence-corrected chi connectivity index (χ4v) is 3.60. The molecule has 0 aliphatic carbocycles. The minimum Gasteiger partial charge on any atom is -0.311 e. The molecule has 0 saturated carbocycles. The molecule has 1 aromatic rings. The quantitative estimate of drug-likeness (QED) is 0.833. The molecule has 3 heterocycles. The lowest BCUT2D eigenvalue weighted by molar-refractivity contribution is 0.140. The number of rotatable bonds is 5. The average molecular weight is 365 g/mol. The van der Waals surface area contributed by atoms with Gasteiger partial charge in [0.2, 0.25) is 0 Å². The minimum absolute atomic E-state index is 0.514. The van der Waals surface area contributed by atoms with Crippen LogP contribution in [0.2, 0.25) is 0 Å². The lowest BCUT2D eigenvalue weighted by Crippen LogP contribution is -2.55. The van der Waals surface area contributed by atoms with Crippen molar-refractivity contribution in [3.63, 3.8) is 0 Å². The first-order chi connectivity index (χ1) is 12.5. The second-order valence-electron chi connectivity index (χ2n) is 7.94. The average Bonchev–Trinajstić information content (AvgIpc) is 3.11. The molecule has 6 nitrogen and oxygen atoms in total. The van der Waals surface area contributed by atoms with Gasteiger partial charge in [-0.2, -0.15) is 5.10 Å².